The molecule has 1 heterocycles. The summed E-state index contributed by atoms with van der Waals surface area (Å²) in [5.74, 6) is 4.15. The molecular weight excluding hydrogens is 273 g/mol. The van der Waals surface area contributed by atoms with Crippen LogP contribution in [0.25, 0.3) is 0 Å². The third-order valence-electron chi connectivity index (χ3n) is 3.42. The summed E-state index contributed by atoms with van der Waals surface area (Å²) in [7, 11) is 0. The molecule has 21 heavy (non-hydrogen) atoms. The van der Waals surface area contributed by atoms with Crippen molar-refractivity contribution in [2.24, 2.45) is 5.41 Å². The van der Waals surface area contributed by atoms with Gasteiger partial charge in [0, 0.05) is 12.0 Å². The second kappa shape index (κ2) is 5.66. The SMILES string of the molecule is CC1(C)CC(=O)N(Cc2ccc(F)cc2C#CCO)C1=O. The molecule has 1 aliphatic heterocycles. The molecule has 0 atom stereocenters. The Bertz CT molecular complexity index is 655. The van der Waals surface area contributed by atoms with Crippen molar-refractivity contribution in [1.29, 1.82) is 0 Å². The van der Waals surface area contributed by atoms with E-state index in [0.29, 0.717) is 11.1 Å². The van der Waals surface area contributed by atoms with Gasteiger partial charge in [0.1, 0.15) is 12.4 Å². The lowest BCUT2D eigenvalue weighted by molar-refractivity contribution is -0.141. The van der Waals surface area contributed by atoms with Crippen molar-refractivity contribution in [2.75, 3.05) is 6.61 Å². The molecule has 0 radical (unpaired) electrons. The summed E-state index contributed by atoms with van der Waals surface area (Å²) < 4.78 is 13.3. The van der Waals surface area contributed by atoms with E-state index in [1.807, 2.05) is 0 Å². The van der Waals surface area contributed by atoms with Crippen LogP contribution in [0.4, 0.5) is 4.39 Å². The molecule has 5 heteroatoms. The average molecular weight is 289 g/mol. The summed E-state index contributed by atoms with van der Waals surface area (Å²) >= 11 is 0. The number of rotatable bonds is 2. The Morgan fingerprint density at radius 3 is 2.67 bits per heavy atom. The van der Waals surface area contributed by atoms with E-state index in [2.05, 4.69) is 11.8 Å². The summed E-state index contributed by atoms with van der Waals surface area (Å²) in [6, 6.07) is 3.99. The molecule has 1 aliphatic rings. The number of benzene rings is 1. The van der Waals surface area contributed by atoms with Gasteiger partial charge in [0.05, 0.1) is 12.0 Å². The average Bonchev–Trinajstić information content (AvgIpc) is 2.60. The fourth-order valence-corrected chi connectivity index (χ4v) is 2.30. The number of carbonyl (C=O) groups is 2. The Hall–Kier alpha value is -2.19. The summed E-state index contributed by atoms with van der Waals surface area (Å²) in [6.07, 6.45) is 0.171. The van der Waals surface area contributed by atoms with Crippen molar-refractivity contribution >= 4 is 11.8 Å². The fraction of sp³-hybridized carbons (Fsp3) is 0.375. The normalized spacial score (nSPS) is 16.9. The number of amides is 2. The molecule has 2 rings (SSSR count). The number of carbonyl (C=O) groups excluding carboxylic acids is 2. The Labute approximate surface area is 122 Å². The molecule has 1 saturated heterocycles. The smallest absolute Gasteiger partial charge is 0.235 e. The first-order chi connectivity index (χ1) is 9.85. The van der Waals surface area contributed by atoms with E-state index < -0.39 is 11.2 Å². The lowest BCUT2D eigenvalue weighted by Gasteiger charge is -2.18. The summed E-state index contributed by atoms with van der Waals surface area (Å²) in [6.45, 7) is 3.18. The number of aliphatic hydroxyl groups is 1. The molecule has 0 aliphatic carbocycles. The first-order valence-corrected chi connectivity index (χ1v) is 6.58. The quantitative estimate of drug-likeness (QED) is 0.662. The first-order valence-electron chi connectivity index (χ1n) is 6.58. The Kier molecular flexibility index (Phi) is 4.10. The van der Waals surface area contributed by atoms with Crippen LogP contribution in [-0.4, -0.2) is 28.4 Å². The van der Waals surface area contributed by atoms with Crippen LogP contribution in [0.5, 0.6) is 0 Å². The number of imide groups is 1. The van der Waals surface area contributed by atoms with Gasteiger partial charge in [-0.05, 0) is 17.7 Å². The predicted molar refractivity (Wildman–Crippen MR) is 74.3 cm³/mol. The number of likely N-dealkylation sites (tertiary alicyclic amines) is 1. The van der Waals surface area contributed by atoms with Gasteiger partial charge in [-0.25, -0.2) is 4.39 Å². The second-order valence-corrected chi connectivity index (χ2v) is 5.61. The Morgan fingerprint density at radius 2 is 2.10 bits per heavy atom. The van der Waals surface area contributed by atoms with Crippen LogP contribution in [0.15, 0.2) is 18.2 Å². The third kappa shape index (κ3) is 3.11. The minimum absolute atomic E-state index is 0.0663. The zero-order valence-corrected chi connectivity index (χ0v) is 11.9. The zero-order valence-electron chi connectivity index (χ0n) is 11.9. The highest BCUT2D eigenvalue weighted by Crippen LogP contribution is 2.32. The third-order valence-corrected chi connectivity index (χ3v) is 3.42. The number of nitrogens with zero attached hydrogens (tertiary/aromatic N) is 1. The van der Waals surface area contributed by atoms with E-state index in [-0.39, 0.29) is 31.4 Å². The lowest BCUT2D eigenvalue weighted by Crippen LogP contribution is -2.32. The summed E-state index contributed by atoms with van der Waals surface area (Å²) in [5.41, 5.74) is 0.250. The molecule has 0 aromatic heterocycles. The lowest BCUT2D eigenvalue weighted by atomic mass is 9.92. The van der Waals surface area contributed by atoms with E-state index >= 15 is 0 Å². The van der Waals surface area contributed by atoms with E-state index in [1.165, 1.54) is 23.1 Å². The highest BCUT2D eigenvalue weighted by Gasteiger charge is 2.44. The maximum atomic E-state index is 13.3. The Balaban J connectivity index is 2.32. The topological polar surface area (TPSA) is 57.6 Å². The maximum Gasteiger partial charge on any atom is 0.235 e. The van der Waals surface area contributed by atoms with Crippen LogP contribution in [0, 0.1) is 23.1 Å². The molecular formula is C16H16FNO3. The van der Waals surface area contributed by atoms with Gasteiger partial charge in [-0.15, -0.1) is 0 Å². The van der Waals surface area contributed by atoms with Gasteiger partial charge in [-0.2, -0.15) is 0 Å². The van der Waals surface area contributed by atoms with Crippen molar-refractivity contribution in [3.8, 4) is 11.8 Å². The van der Waals surface area contributed by atoms with Crippen molar-refractivity contribution < 1.29 is 19.1 Å². The standard InChI is InChI=1S/C16H16FNO3/c1-16(2)9-14(20)18(15(16)21)10-12-5-6-13(17)8-11(12)4-3-7-19/h5-6,8,19H,7,9-10H2,1-2H3. The molecule has 4 nitrogen and oxygen atoms in total. The van der Waals surface area contributed by atoms with Gasteiger partial charge in [0.15, 0.2) is 0 Å². The number of aliphatic hydroxyl groups excluding tert-OH is 1. The molecule has 0 unspecified atom stereocenters. The molecule has 1 aromatic rings. The minimum atomic E-state index is -0.700. The number of hydrogen-bond acceptors (Lipinski definition) is 3. The molecule has 2 amide bonds. The van der Waals surface area contributed by atoms with Crippen molar-refractivity contribution in [1.82, 2.24) is 4.90 Å². The van der Waals surface area contributed by atoms with Crippen LogP contribution >= 0.6 is 0 Å². The van der Waals surface area contributed by atoms with Gasteiger partial charge in [0.2, 0.25) is 11.8 Å². The van der Waals surface area contributed by atoms with Crippen LogP contribution < -0.4 is 0 Å². The molecule has 1 fully saturated rings. The zero-order chi connectivity index (χ0) is 15.6. The van der Waals surface area contributed by atoms with Gasteiger partial charge in [0.25, 0.3) is 0 Å². The van der Waals surface area contributed by atoms with E-state index in [0.717, 1.165) is 0 Å². The van der Waals surface area contributed by atoms with Crippen LogP contribution in [0.3, 0.4) is 0 Å². The maximum absolute atomic E-state index is 13.3. The van der Waals surface area contributed by atoms with Crippen LogP contribution in [-0.2, 0) is 16.1 Å². The van der Waals surface area contributed by atoms with Crippen molar-refractivity contribution in [3.05, 3.63) is 35.1 Å². The number of halogens is 1. The van der Waals surface area contributed by atoms with Gasteiger partial charge < -0.3 is 5.11 Å². The first kappa shape index (κ1) is 15.2. The van der Waals surface area contributed by atoms with E-state index in [4.69, 9.17) is 5.11 Å². The van der Waals surface area contributed by atoms with Gasteiger partial charge in [-0.1, -0.05) is 31.8 Å². The van der Waals surface area contributed by atoms with Gasteiger partial charge >= 0.3 is 0 Å². The van der Waals surface area contributed by atoms with E-state index in [1.54, 1.807) is 13.8 Å². The molecule has 1 N–H and O–H groups in total. The van der Waals surface area contributed by atoms with Crippen molar-refractivity contribution in [2.45, 2.75) is 26.8 Å². The second-order valence-electron chi connectivity index (χ2n) is 5.61. The molecule has 1 aromatic carbocycles. The predicted octanol–water partition coefficient (Wildman–Crippen LogP) is 1.45. The number of hydrogen-bond donors (Lipinski definition) is 1. The molecule has 0 spiro atoms. The van der Waals surface area contributed by atoms with Crippen LogP contribution in [0.1, 0.15) is 31.4 Å². The summed E-state index contributed by atoms with van der Waals surface area (Å²) in [5, 5.41) is 8.74. The van der Waals surface area contributed by atoms with Gasteiger partial charge in [-0.3, -0.25) is 14.5 Å². The fourth-order valence-electron chi connectivity index (χ4n) is 2.30. The highest BCUT2D eigenvalue weighted by molar-refractivity contribution is 6.05. The monoisotopic (exact) mass is 289 g/mol. The van der Waals surface area contributed by atoms with E-state index in [9.17, 15) is 14.0 Å². The van der Waals surface area contributed by atoms with Crippen molar-refractivity contribution in [3.63, 3.8) is 0 Å². The highest BCUT2D eigenvalue weighted by atomic mass is 19.1. The minimum Gasteiger partial charge on any atom is -0.384 e. The van der Waals surface area contributed by atoms with Crippen LogP contribution in [0.2, 0.25) is 0 Å². The molecule has 0 saturated carbocycles. The Morgan fingerprint density at radius 1 is 1.38 bits per heavy atom. The molecule has 110 valence electrons. The molecule has 0 bridgehead atoms. The summed E-state index contributed by atoms with van der Waals surface area (Å²) in [4.78, 5) is 25.3. The largest absolute Gasteiger partial charge is 0.384 e.